The molecule has 0 fully saturated rings. The predicted octanol–water partition coefficient (Wildman–Crippen LogP) is 4.98. The number of benzene rings is 2. The Hall–Kier alpha value is -4.54. The lowest BCUT2D eigenvalue weighted by Gasteiger charge is -2.20. The Morgan fingerprint density at radius 3 is 2.58 bits per heavy atom. The van der Waals surface area contributed by atoms with Crippen molar-refractivity contribution in [3.05, 3.63) is 95.7 Å². The summed E-state index contributed by atoms with van der Waals surface area (Å²) in [6, 6.07) is 15.1. The van der Waals surface area contributed by atoms with Crippen molar-refractivity contribution >= 4 is 17.0 Å². The fraction of sp³-hybridized carbons (Fsp3) is 0.160. The third kappa shape index (κ3) is 4.54. The second-order valence-electron chi connectivity index (χ2n) is 8.10. The molecule has 0 aliphatic heterocycles. The Labute approximate surface area is 202 Å². The monoisotopic (exact) mass is 492 g/mol. The standard InChI is InChI=1S/C25H19F3N6O2/c1-15-22-18(23(35)31-21(12-34-14-29-13-30-34)16-7-3-2-4-8-16)11-20(32-24(22)36-33-15)17-9-5-6-10-19(17)25(26,27)28/h2-11,13-14,21H,12H2,1H3,(H,31,35). The van der Waals surface area contributed by atoms with Gasteiger partial charge in [-0.1, -0.05) is 53.7 Å². The average Bonchev–Trinajstić information content (AvgIpc) is 3.53. The van der Waals surface area contributed by atoms with Crippen molar-refractivity contribution in [3.8, 4) is 11.3 Å². The van der Waals surface area contributed by atoms with E-state index >= 15 is 0 Å². The summed E-state index contributed by atoms with van der Waals surface area (Å²) < 4.78 is 47.9. The Kier molecular flexibility index (Phi) is 5.96. The normalized spacial score (nSPS) is 12.6. The van der Waals surface area contributed by atoms with Crippen molar-refractivity contribution in [3.63, 3.8) is 0 Å². The van der Waals surface area contributed by atoms with E-state index in [9.17, 15) is 18.0 Å². The van der Waals surface area contributed by atoms with E-state index in [1.165, 1.54) is 36.9 Å². The van der Waals surface area contributed by atoms with Gasteiger partial charge in [0.25, 0.3) is 11.6 Å². The molecule has 36 heavy (non-hydrogen) atoms. The molecular formula is C25H19F3N6O2. The summed E-state index contributed by atoms with van der Waals surface area (Å²) in [7, 11) is 0. The van der Waals surface area contributed by atoms with Crippen LogP contribution >= 0.6 is 0 Å². The molecule has 0 spiro atoms. The van der Waals surface area contributed by atoms with Crippen LogP contribution in [0, 0.1) is 6.92 Å². The van der Waals surface area contributed by atoms with Gasteiger partial charge in [-0.15, -0.1) is 0 Å². The molecule has 5 aromatic rings. The molecule has 0 aliphatic carbocycles. The summed E-state index contributed by atoms with van der Waals surface area (Å²) in [5.41, 5.74) is 0.196. The number of pyridine rings is 1. The van der Waals surface area contributed by atoms with E-state index in [0.29, 0.717) is 11.1 Å². The number of amides is 1. The van der Waals surface area contributed by atoms with Gasteiger partial charge in [-0.3, -0.25) is 9.48 Å². The smallest absolute Gasteiger partial charge is 0.343 e. The highest BCUT2D eigenvalue weighted by molar-refractivity contribution is 6.07. The van der Waals surface area contributed by atoms with Crippen molar-refractivity contribution in [1.82, 2.24) is 30.2 Å². The predicted molar refractivity (Wildman–Crippen MR) is 124 cm³/mol. The number of rotatable bonds is 6. The van der Waals surface area contributed by atoms with Crippen LogP contribution in [-0.2, 0) is 12.7 Å². The maximum Gasteiger partial charge on any atom is 0.417 e. The van der Waals surface area contributed by atoms with E-state index in [2.05, 4.69) is 25.5 Å². The van der Waals surface area contributed by atoms with Gasteiger partial charge >= 0.3 is 6.18 Å². The van der Waals surface area contributed by atoms with Crippen LogP contribution in [0.3, 0.4) is 0 Å². The second kappa shape index (κ2) is 9.25. The van der Waals surface area contributed by atoms with Crippen LogP contribution in [0.4, 0.5) is 13.2 Å². The molecule has 0 radical (unpaired) electrons. The first-order chi connectivity index (χ1) is 17.3. The number of aryl methyl sites for hydroxylation is 1. The summed E-state index contributed by atoms with van der Waals surface area (Å²) in [4.78, 5) is 21.8. The van der Waals surface area contributed by atoms with E-state index < -0.39 is 23.7 Å². The summed E-state index contributed by atoms with van der Waals surface area (Å²) in [5, 5.41) is 11.3. The summed E-state index contributed by atoms with van der Waals surface area (Å²) in [5.74, 6) is -0.520. The van der Waals surface area contributed by atoms with Gasteiger partial charge in [0, 0.05) is 5.56 Å². The van der Waals surface area contributed by atoms with Gasteiger partial charge < -0.3 is 9.84 Å². The van der Waals surface area contributed by atoms with Crippen LogP contribution in [-0.4, -0.2) is 30.8 Å². The van der Waals surface area contributed by atoms with E-state index in [1.807, 2.05) is 30.3 Å². The molecular weight excluding hydrogens is 473 g/mol. The molecule has 0 bridgehead atoms. The zero-order valence-corrected chi connectivity index (χ0v) is 18.9. The van der Waals surface area contributed by atoms with Gasteiger partial charge in [0.2, 0.25) is 0 Å². The molecule has 0 saturated heterocycles. The lowest BCUT2D eigenvalue weighted by atomic mass is 10.00. The quantitative estimate of drug-likeness (QED) is 0.359. The number of aromatic nitrogens is 5. The average molecular weight is 492 g/mol. The van der Waals surface area contributed by atoms with Gasteiger partial charge in [-0.2, -0.15) is 18.3 Å². The molecule has 1 unspecified atom stereocenters. The molecule has 8 nitrogen and oxygen atoms in total. The number of carbonyl (C=O) groups excluding carboxylic acids is 1. The van der Waals surface area contributed by atoms with Crippen molar-refractivity contribution < 1.29 is 22.5 Å². The SMILES string of the molecule is Cc1noc2nc(-c3ccccc3C(F)(F)F)cc(C(=O)NC(Cn3cncn3)c3ccccc3)c12. The minimum atomic E-state index is -4.61. The molecule has 1 amide bonds. The van der Waals surface area contributed by atoms with Gasteiger partial charge in [-0.25, -0.2) is 9.97 Å². The topological polar surface area (TPSA) is 98.7 Å². The largest absolute Gasteiger partial charge is 0.417 e. The maximum absolute atomic E-state index is 13.7. The Balaban J connectivity index is 1.59. The van der Waals surface area contributed by atoms with Gasteiger partial charge in [0.1, 0.15) is 12.7 Å². The third-order valence-corrected chi connectivity index (χ3v) is 5.71. The lowest BCUT2D eigenvalue weighted by Crippen LogP contribution is -2.32. The summed E-state index contributed by atoms with van der Waals surface area (Å²) in [6.07, 6.45) is -1.69. The molecule has 3 aromatic heterocycles. The minimum Gasteiger partial charge on any atom is -0.343 e. The molecule has 11 heteroatoms. The Bertz CT molecular complexity index is 1510. The number of carbonyl (C=O) groups is 1. The Morgan fingerprint density at radius 2 is 1.86 bits per heavy atom. The molecule has 3 heterocycles. The van der Waals surface area contributed by atoms with E-state index in [1.54, 1.807) is 11.6 Å². The molecule has 182 valence electrons. The first kappa shape index (κ1) is 23.2. The van der Waals surface area contributed by atoms with E-state index in [-0.39, 0.29) is 29.1 Å². The zero-order valence-electron chi connectivity index (χ0n) is 18.9. The second-order valence-corrected chi connectivity index (χ2v) is 8.10. The van der Waals surface area contributed by atoms with Crippen LogP contribution in [0.15, 0.2) is 77.8 Å². The molecule has 5 rings (SSSR count). The number of fused-ring (bicyclic) bond motifs is 1. The van der Waals surface area contributed by atoms with Crippen molar-refractivity contribution in [1.29, 1.82) is 0 Å². The number of nitrogens with zero attached hydrogens (tertiary/aromatic N) is 5. The highest BCUT2D eigenvalue weighted by atomic mass is 19.4. The van der Waals surface area contributed by atoms with Crippen LogP contribution < -0.4 is 5.32 Å². The number of alkyl halides is 3. The fourth-order valence-corrected chi connectivity index (χ4v) is 4.04. The molecule has 1 N–H and O–H groups in total. The first-order valence-corrected chi connectivity index (χ1v) is 10.9. The van der Waals surface area contributed by atoms with Crippen LogP contribution in [0.2, 0.25) is 0 Å². The maximum atomic E-state index is 13.7. The fourth-order valence-electron chi connectivity index (χ4n) is 4.04. The van der Waals surface area contributed by atoms with E-state index in [4.69, 9.17) is 4.52 Å². The van der Waals surface area contributed by atoms with Crippen molar-refractivity contribution in [2.24, 2.45) is 0 Å². The molecule has 0 saturated carbocycles. The third-order valence-electron chi connectivity index (χ3n) is 5.71. The number of hydrogen-bond donors (Lipinski definition) is 1. The Morgan fingerprint density at radius 1 is 1.11 bits per heavy atom. The van der Waals surface area contributed by atoms with Crippen LogP contribution in [0.5, 0.6) is 0 Å². The summed E-state index contributed by atoms with van der Waals surface area (Å²) >= 11 is 0. The minimum absolute atomic E-state index is 0.0281. The highest BCUT2D eigenvalue weighted by Gasteiger charge is 2.34. The summed E-state index contributed by atoms with van der Waals surface area (Å²) in [6.45, 7) is 1.92. The molecule has 1 atom stereocenters. The van der Waals surface area contributed by atoms with Crippen LogP contribution in [0.25, 0.3) is 22.4 Å². The molecule has 0 aliphatic rings. The lowest BCUT2D eigenvalue weighted by molar-refractivity contribution is -0.137. The molecule has 2 aromatic carbocycles. The van der Waals surface area contributed by atoms with Crippen LogP contribution in [0.1, 0.15) is 33.2 Å². The van der Waals surface area contributed by atoms with Crippen molar-refractivity contribution in [2.75, 3.05) is 0 Å². The van der Waals surface area contributed by atoms with E-state index in [0.717, 1.165) is 11.6 Å². The zero-order chi connectivity index (χ0) is 25.3. The van der Waals surface area contributed by atoms with Gasteiger partial charge in [-0.05, 0) is 24.6 Å². The number of nitrogens with one attached hydrogen (secondary N) is 1. The highest BCUT2D eigenvalue weighted by Crippen LogP contribution is 2.37. The van der Waals surface area contributed by atoms with Gasteiger partial charge in [0.15, 0.2) is 0 Å². The number of halogens is 3. The first-order valence-electron chi connectivity index (χ1n) is 10.9. The number of hydrogen-bond acceptors (Lipinski definition) is 6. The van der Waals surface area contributed by atoms with Crippen molar-refractivity contribution in [2.45, 2.75) is 25.7 Å². The van der Waals surface area contributed by atoms with Gasteiger partial charge in [0.05, 0.1) is 40.5 Å².